The Labute approximate surface area is 208 Å². The molecule has 1 atom stereocenters. The van der Waals surface area contributed by atoms with Gasteiger partial charge in [-0.15, -0.1) is 0 Å². The number of carboxylic acids is 2. The molecule has 0 radical (unpaired) electrons. The molecule has 0 rings (SSSR count). The van der Waals surface area contributed by atoms with Crippen molar-refractivity contribution in [3.63, 3.8) is 0 Å². The van der Waals surface area contributed by atoms with E-state index in [4.69, 9.17) is 0 Å². The average molecular weight is 401 g/mol. The first-order chi connectivity index (χ1) is 12.0. The summed E-state index contributed by atoms with van der Waals surface area (Å²) in [5.74, 6) is -3.59. The van der Waals surface area contributed by atoms with Gasteiger partial charge in [-0.1, -0.05) is 77.6 Å². The molecule has 6 nitrogen and oxygen atoms in total. The van der Waals surface area contributed by atoms with Gasteiger partial charge in [0.05, 0.1) is 12.0 Å². The van der Waals surface area contributed by atoms with Gasteiger partial charge in [-0.2, -0.15) is 0 Å². The number of carbonyl (C=O) groups excluding carboxylic acids is 3. The van der Waals surface area contributed by atoms with Crippen LogP contribution in [0.25, 0.3) is 0 Å². The van der Waals surface area contributed by atoms with Crippen molar-refractivity contribution in [3.05, 3.63) is 0 Å². The number of carbonyl (C=O) groups is 3. The quantitative estimate of drug-likeness (QED) is 0.195. The number of rotatable bonds is 17. The third-order valence-corrected chi connectivity index (χ3v) is 4.25. The Balaban J connectivity index is -0.00000288. The Morgan fingerprint density at radius 3 is 1.52 bits per heavy atom. The summed E-state index contributed by atoms with van der Waals surface area (Å²) in [6.45, 7) is 2.22. The second kappa shape index (κ2) is 22.7. The van der Waals surface area contributed by atoms with E-state index < -0.39 is 30.3 Å². The normalized spacial score (nSPS) is 11.0. The molecule has 0 aromatic carbocycles. The molecule has 0 spiro atoms. The standard InChI is InChI=1S/C19H35NO5.2Na/c1-2-3-4-5-6-7-8-9-10-11-12-13-14-17(21)20-16(19(24)25)15-18(22)23;;/h16H,2-15H2,1H3,(H,20,21)(H,22,23)(H,24,25);;/q;2*+1/p-2/t16-;;/m0../s1. The Bertz CT molecular complexity index is 394. The van der Waals surface area contributed by atoms with Gasteiger partial charge in [-0.25, -0.2) is 0 Å². The number of carboxylic acid groups (broad SMARTS) is 2. The van der Waals surface area contributed by atoms with Crippen LogP contribution >= 0.6 is 0 Å². The van der Waals surface area contributed by atoms with E-state index in [-0.39, 0.29) is 65.5 Å². The van der Waals surface area contributed by atoms with Crippen molar-refractivity contribution in [2.75, 3.05) is 0 Å². The molecule has 0 fully saturated rings. The number of unbranched alkanes of at least 4 members (excludes halogenated alkanes) is 11. The van der Waals surface area contributed by atoms with Crippen molar-refractivity contribution in [1.29, 1.82) is 0 Å². The smallest absolute Gasteiger partial charge is 0.550 e. The van der Waals surface area contributed by atoms with E-state index in [1.54, 1.807) is 0 Å². The van der Waals surface area contributed by atoms with Crippen LogP contribution in [-0.2, 0) is 14.4 Å². The first-order valence-electron chi connectivity index (χ1n) is 9.67. The Kier molecular flexibility index (Phi) is 27.0. The fourth-order valence-electron chi connectivity index (χ4n) is 2.75. The van der Waals surface area contributed by atoms with Crippen molar-refractivity contribution >= 4 is 17.8 Å². The van der Waals surface area contributed by atoms with Crippen LogP contribution < -0.4 is 74.6 Å². The molecule has 27 heavy (non-hydrogen) atoms. The van der Waals surface area contributed by atoms with Gasteiger partial charge < -0.3 is 25.1 Å². The molecule has 0 aliphatic carbocycles. The van der Waals surface area contributed by atoms with Crippen LogP contribution in [0.1, 0.15) is 96.8 Å². The second-order valence-electron chi connectivity index (χ2n) is 6.65. The fraction of sp³-hybridized carbons (Fsp3) is 0.842. The zero-order chi connectivity index (χ0) is 18.9. The van der Waals surface area contributed by atoms with Crippen LogP contribution in [0, 0.1) is 0 Å². The summed E-state index contributed by atoms with van der Waals surface area (Å²) in [5, 5.41) is 23.3. The molecule has 0 aromatic rings. The largest absolute Gasteiger partial charge is 1.00 e. The molecule has 1 amide bonds. The van der Waals surface area contributed by atoms with Gasteiger partial charge >= 0.3 is 59.1 Å². The number of nitrogens with one attached hydrogen (secondary N) is 1. The first kappa shape index (κ1) is 32.1. The maximum Gasteiger partial charge on any atom is 1.00 e. The van der Waals surface area contributed by atoms with E-state index in [1.807, 2.05) is 0 Å². The maximum absolute atomic E-state index is 11.6. The minimum Gasteiger partial charge on any atom is -0.550 e. The Morgan fingerprint density at radius 1 is 0.741 bits per heavy atom. The van der Waals surface area contributed by atoms with E-state index in [1.165, 1.54) is 51.4 Å². The van der Waals surface area contributed by atoms with Crippen LogP contribution in [0.5, 0.6) is 0 Å². The molecule has 146 valence electrons. The number of aliphatic carboxylic acids is 2. The molecule has 0 aliphatic heterocycles. The molecule has 0 unspecified atom stereocenters. The molecule has 8 heteroatoms. The molecule has 0 saturated heterocycles. The summed E-state index contributed by atoms with van der Waals surface area (Å²) in [6, 6.07) is -1.52. The summed E-state index contributed by atoms with van der Waals surface area (Å²) in [6.07, 6.45) is 13.7. The van der Waals surface area contributed by atoms with Crippen molar-refractivity contribution < 1.29 is 83.7 Å². The number of hydrogen-bond acceptors (Lipinski definition) is 5. The van der Waals surface area contributed by atoms with Crippen molar-refractivity contribution in [2.45, 2.75) is 103 Å². The van der Waals surface area contributed by atoms with Gasteiger partial charge in [0.1, 0.15) is 0 Å². The zero-order valence-electron chi connectivity index (χ0n) is 17.5. The summed E-state index contributed by atoms with van der Waals surface area (Å²) >= 11 is 0. The van der Waals surface area contributed by atoms with Crippen molar-refractivity contribution in [1.82, 2.24) is 5.32 Å². The molecule has 0 heterocycles. The van der Waals surface area contributed by atoms with Crippen molar-refractivity contribution in [2.24, 2.45) is 0 Å². The van der Waals surface area contributed by atoms with Crippen LogP contribution in [0.4, 0.5) is 0 Å². The van der Waals surface area contributed by atoms with E-state index in [2.05, 4.69) is 12.2 Å². The van der Waals surface area contributed by atoms with E-state index in [9.17, 15) is 24.6 Å². The predicted molar refractivity (Wildman–Crippen MR) is 92.3 cm³/mol. The van der Waals surface area contributed by atoms with Gasteiger partial charge in [-0.05, 0) is 6.42 Å². The Morgan fingerprint density at radius 2 is 1.15 bits per heavy atom. The molecule has 0 aromatic heterocycles. The van der Waals surface area contributed by atoms with Gasteiger partial charge in [0, 0.05) is 18.8 Å². The van der Waals surface area contributed by atoms with E-state index in [0.29, 0.717) is 6.42 Å². The number of hydrogen-bond donors (Lipinski definition) is 1. The molecule has 1 N–H and O–H groups in total. The minimum atomic E-state index is -1.60. The summed E-state index contributed by atoms with van der Waals surface area (Å²) in [7, 11) is 0. The topological polar surface area (TPSA) is 109 Å². The van der Waals surface area contributed by atoms with Gasteiger partial charge in [0.2, 0.25) is 5.91 Å². The average Bonchev–Trinajstić information content (AvgIpc) is 2.54. The van der Waals surface area contributed by atoms with E-state index in [0.717, 1.165) is 19.3 Å². The molecular weight excluding hydrogens is 368 g/mol. The molecule has 0 saturated carbocycles. The summed E-state index contributed by atoms with van der Waals surface area (Å²) in [5.41, 5.74) is 0. The third-order valence-electron chi connectivity index (χ3n) is 4.25. The fourth-order valence-corrected chi connectivity index (χ4v) is 2.75. The van der Waals surface area contributed by atoms with E-state index >= 15 is 0 Å². The minimum absolute atomic E-state index is 0. The molecular formula is C19H33NNa2O5. The Hall–Kier alpha value is 0.410. The monoisotopic (exact) mass is 401 g/mol. The second-order valence-corrected chi connectivity index (χ2v) is 6.65. The zero-order valence-corrected chi connectivity index (χ0v) is 21.5. The van der Waals surface area contributed by atoms with Gasteiger partial charge in [0.25, 0.3) is 0 Å². The van der Waals surface area contributed by atoms with Gasteiger partial charge in [0.15, 0.2) is 0 Å². The maximum atomic E-state index is 11.6. The molecule has 0 bridgehead atoms. The number of amides is 1. The van der Waals surface area contributed by atoms with Gasteiger partial charge in [-0.3, -0.25) is 4.79 Å². The van der Waals surface area contributed by atoms with Crippen molar-refractivity contribution in [3.8, 4) is 0 Å². The third kappa shape index (κ3) is 22.6. The predicted octanol–water partition coefficient (Wildman–Crippen LogP) is -4.54. The first-order valence-corrected chi connectivity index (χ1v) is 9.67. The van der Waals surface area contributed by atoms with Crippen LogP contribution in [0.2, 0.25) is 0 Å². The summed E-state index contributed by atoms with van der Waals surface area (Å²) < 4.78 is 0. The SMILES string of the molecule is CCCCCCCCCCCCCCC(=O)N[C@@H](CC(=O)[O-])C(=O)[O-].[Na+].[Na+]. The van der Waals surface area contributed by atoms with Crippen LogP contribution in [-0.4, -0.2) is 23.9 Å². The molecule has 0 aliphatic rings. The van der Waals surface area contributed by atoms with Crippen LogP contribution in [0.15, 0.2) is 0 Å². The van der Waals surface area contributed by atoms with Crippen LogP contribution in [0.3, 0.4) is 0 Å². The summed E-state index contributed by atoms with van der Waals surface area (Å²) in [4.78, 5) is 32.7.